The molecular weight excluding hydrogens is 376 g/mol. The number of nitrogens with zero attached hydrogens (tertiary/aromatic N) is 1. The lowest BCUT2D eigenvalue weighted by Crippen LogP contribution is -2.35. The molecule has 1 amide bonds. The fraction of sp³-hybridized carbons (Fsp3) is 0.381. The molecule has 1 aliphatic rings. The number of benzene rings is 2. The van der Waals surface area contributed by atoms with Crippen molar-refractivity contribution in [2.75, 3.05) is 19.7 Å². The van der Waals surface area contributed by atoms with Crippen molar-refractivity contribution in [3.63, 3.8) is 0 Å². The first-order valence-electron chi connectivity index (χ1n) is 9.54. The van der Waals surface area contributed by atoms with Gasteiger partial charge < -0.3 is 10.1 Å². The van der Waals surface area contributed by atoms with Crippen LogP contribution in [0.25, 0.3) is 0 Å². The van der Waals surface area contributed by atoms with Gasteiger partial charge in [0.1, 0.15) is 5.75 Å². The maximum atomic E-state index is 12.6. The zero-order chi connectivity index (χ0) is 20.0. The summed E-state index contributed by atoms with van der Waals surface area (Å²) in [5, 5.41) is 2.88. The van der Waals surface area contributed by atoms with E-state index in [1.54, 1.807) is 12.1 Å². The lowest BCUT2D eigenvalue weighted by Gasteiger charge is -2.25. The number of hydrogen-bond donors (Lipinski definition) is 1. The van der Waals surface area contributed by atoms with Crippen LogP contribution in [-0.2, 0) is 14.8 Å². The summed E-state index contributed by atoms with van der Waals surface area (Å²) in [6, 6.07) is 15.8. The third kappa shape index (κ3) is 5.11. The summed E-state index contributed by atoms with van der Waals surface area (Å²) >= 11 is 0. The Labute approximate surface area is 166 Å². The van der Waals surface area contributed by atoms with Crippen molar-refractivity contribution in [2.45, 2.75) is 37.1 Å². The van der Waals surface area contributed by atoms with Crippen molar-refractivity contribution in [1.82, 2.24) is 9.62 Å². The van der Waals surface area contributed by atoms with Crippen LogP contribution in [-0.4, -0.2) is 38.3 Å². The second-order valence-electron chi connectivity index (χ2n) is 6.92. The molecule has 28 heavy (non-hydrogen) atoms. The molecule has 0 aromatic heterocycles. The summed E-state index contributed by atoms with van der Waals surface area (Å²) in [5.41, 5.74) is 1.02. The Balaban J connectivity index is 1.53. The van der Waals surface area contributed by atoms with Crippen molar-refractivity contribution in [1.29, 1.82) is 0 Å². The van der Waals surface area contributed by atoms with Gasteiger partial charge in [-0.3, -0.25) is 4.79 Å². The molecule has 6 nitrogen and oxygen atoms in total. The predicted octanol–water partition coefficient (Wildman–Crippen LogP) is 3.12. The van der Waals surface area contributed by atoms with Crippen molar-refractivity contribution >= 4 is 15.9 Å². The van der Waals surface area contributed by atoms with Gasteiger partial charge in [0.15, 0.2) is 6.61 Å². The number of piperidine rings is 1. The molecule has 0 unspecified atom stereocenters. The van der Waals surface area contributed by atoms with E-state index in [0.29, 0.717) is 18.8 Å². The lowest BCUT2D eigenvalue weighted by molar-refractivity contribution is -0.123. The molecule has 0 radical (unpaired) electrons. The molecule has 0 aliphatic carbocycles. The molecule has 1 N–H and O–H groups in total. The van der Waals surface area contributed by atoms with E-state index in [1.807, 2.05) is 37.3 Å². The first-order chi connectivity index (χ1) is 13.5. The fourth-order valence-corrected chi connectivity index (χ4v) is 4.74. The minimum atomic E-state index is -3.46. The van der Waals surface area contributed by atoms with Crippen LogP contribution in [0.4, 0.5) is 0 Å². The molecule has 1 atom stereocenters. The summed E-state index contributed by atoms with van der Waals surface area (Å²) in [5.74, 6) is 0.224. The molecule has 150 valence electrons. The number of sulfonamides is 1. The van der Waals surface area contributed by atoms with Crippen LogP contribution in [0.5, 0.6) is 5.75 Å². The maximum absolute atomic E-state index is 12.6. The van der Waals surface area contributed by atoms with Crippen LogP contribution < -0.4 is 10.1 Å². The molecular formula is C21H26N2O4S. The Morgan fingerprint density at radius 1 is 1.04 bits per heavy atom. The third-order valence-corrected chi connectivity index (χ3v) is 6.74. The van der Waals surface area contributed by atoms with Crippen LogP contribution in [0.3, 0.4) is 0 Å². The molecule has 0 bridgehead atoms. The van der Waals surface area contributed by atoms with E-state index in [-0.39, 0.29) is 23.5 Å². The van der Waals surface area contributed by atoms with Crippen LogP contribution in [0.15, 0.2) is 59.5 Å². The van der Waals surface area contributed by atoms with Crippen LogP contribution in [0, 0.1) is 0 Å². The van der Waals surface area contributed by atoms with Gasteiger partial charge in [0.05, 0.1) is 10.9 Å². The number of nitrogens with one attached hydrogen (secondary N) is 1. The zero-order valence-electron chi connectivity index (χ0n) is 16.0. The van der Waals surface area contributed by atoms with Gasteiger partial charge in [0, 0.05) is 13.1 Å². The number of carbonyl (C=O) groups excluding carboxylic acids is 1. The Bertz CT molecular complexity index is 876. The normalized spacial score (nSPS) is 16.3. The molecule has 2 aromatic rings. The topological polar surface area (TPSA) is 75.7 Å². The number of hydrogen-bond acceptors (Lipinski definition) is 4. The van der Waals surface area contributed by atoms with E-state index in [2.05, 4.69) is 5.32 Å². The highest BCUT2D eigenvalue weighted by atomic mass is 32.2. The zero-order valence-corrected chi connectivity index (χ0v) is 16.8. The van der Waals surface area contributed by atoms with E-state index in [1.165, 1.54) is 16.4 Å². The molecule has 0 saturated carbocycles. The highest BCUT2D eigenvalue weighted by Crippen LogP contribution is 2.22. The van der Waals surface area contributed by atoms with Gasteiger partial charge >= 0.3 is 0 Å². The van der Waals surface area contributed by atoms with E-state index in [0.717, 1.165) is 24.8 Å². The van der Waals surface area contributed by atoms with Gasteiger partial charge in [-0.1, -0.05) is 36.8 Å². The molecule has 0 spiro atoms. The van der Waals surface area contributed by atoms with Crippen molar-refractivity contribution in [3.05, 3.63) is 60.2 Å². The minimum absolute atomic E-state index is 0.116. The van der Waals surface area contributed by atoms with Gasteiger partial charge in [-0.25, -0.2) is 8.42 Å². The SMILES string of the molecule is C[C@H](NC(=O)COc1ccc(S(=O)(=O)N2CCCCC2)cc1)c1ccccc1. The van der Waals surface area contributed by atoms with Crippen molar-refractivity contribution in [3.8, 4) is 5.75 Å². The smallest absolute Gasteiger partial charge is 0.258 e. The van der Waals surface area contributed by atoms with Crippen LogP contribution in [0.2, 0.25) is 0 Å². The van der Waals surface area contributed by atoms with E-state index >= 15 is 0 Å². The second kappa shape index (κ2) is 9.21. The first-order valence-corrected chi connectivity index (χ1v) is 11.0. The summed E-state index contributed by atoms with van der Waals surface area (Å²) in [6.45, 7) is 2.92. The summed E-state index contributed by atoms with van der Waals surface area (Å²) in [6.07, 6.45) is 2.87. The average Bonchev–Trinajstić information content (AvgIpc) is 2.74. The predicted molar refractivity (Wildman–Crippen MR) is 108 cm³/mol. The Kier molecular flexibility index (Phi) is 6.70. The number of ether oxygens (including phenoxy) is 1. The molecule has 1 aliphatic heterocycles. The van der Waals surface area contributed by atoms with Gasteiger partial charge in [-0.05, 0) is 49.6 Å². The van der Waals surface area contributed by atoms with E-state index in [9.17, 15) is 13.2 Å². The first kappa shape index (κ1) is 20.4. The third-order valence-electron chi connectivity index (χ3n) is 4.82. The molecule has 1 heterocycles. The van der Waals surface area contributed by atoms with Crippen molar-refractivity contribution < 1.29 is 17.9 Å². The highest BCUT2D eigenvalue weighted by Gasteiger charge is 2.25. The standard InChI is InChI=1S/C21H26N2O4S/c1-17(18-8-4-2-5-9-18)22-21(24)16-27-19-10-12-20(13-11-19)28(25,26)23-14-6-3-7-15-23/h2,4-5,8-13,17H,3,6-7,14-16H2,1H3,(H,22,24)/t17-/m0/s1. The number of amides is 1. The Morgan fingerprint density at radius 2 is 1.68 bits per heavy atom. The lowest BCUT2D eigenvalue weighted by atomic mass is 10.1. The van der Waals surface area contributed by atoms with Crippen LogP contribution >= 0.6 is 0 Å². The maximum Gasteiger partial charge on any atom is 0.258 e. The monoisotopic (exact) mass is 402 g/mol. The van der Waals surface area contributed by atoms with Crippen LogP contribution in [0.1, 0.15) is 37.8 Å². The molecule has 2 aromatic carbocycles. The van der Waals surface area contributed by atoms with Gasteiger partial charge in [-0.15, -0.1) is 0 Å². The summed E-state index contributed by atoms with van der Waals surface area (Å²) in [7, 11) is -3.46. The fourth-order valence-electron chi connectivity index (χ4n) is 3.22. The summed E-state index contributed by atoms with van der Waals surface area (Å²) < 4.78 is 32.3. The van der Waals surface area contributed by atoms with Gasteiger partial charge in [0.25, 0.3) is 5.91 Å². The van der Waals surface area contributed by atoms with Gasteiger partial charge in [-0.2, -0.15) is 4.31 Å². The van der Waals surface area contributed by atoms with E-state index in [4.69, 9.17) is 4.74 Å². The molecule has 1 fully saturated rings. The molecule has 7 heteroatoms. The van der Waals surface area contributed by atoms with Crippen molar-refractivity contribution in [2.24, 2.45) is 0 Å². The highest BCUT2D eigenvalue weighted by molar-refractivity contribution is 7.89. The average molecular weight is 403 g/mol. The largest absolute Gasteiger partial charge is 0.484 e. The second-order valence-corrected chi connectivity index (χ2v) is 8.86. The van der Waals surface area contributed by atoms with Gasteiger partial charge in [0.2, 0.25) is 10.0 Å². The van der Waals surface area contributed by atoms with E-state index < -0.39 is 10.0 Å². The Hall–Kier alpha value is -2.38. The summed E-state index contributed by atoms with van der Waals surface area (Å²) in [4.78, 5) is 12.3. The molecule has 1 saturated heterocycles. The Morgan fingerprint density at radius 3 is 2.32 bits per heavy atom. The quantitative estimate of drug-likeness (QED) is 0.772. The number of carbonyl (C=O) groups is 1. The minimum Gasteiger partial charge on any atom is -0.484 e. The molecule has 3 rings (SSSR count). The number of rotatable bonds is 7.